The van der Waals surface area contributed by atoms with Crippen molar-refractivity contribution >= 4 is 11.5 Å². The molecule has 5 N–H and O–H groups in total. The van der Waals surface area contributed by atoms with Crippen LogP contribution in [-0.4, -0.2) is 16.0 Å². The molecule has 1 aromatic heterocycles. The molecule has 1 aliphatic carbocycles. The lowest BCUT2D eigenvalue weighted by molar-refractivity contribution is 0.421. The van der Waals surface area contributed by atoms with E-state index in [4.69, 9.17) is 11.1 Å². The molecular weight excluding hydrogens is 382 g/mol. The topological polar surface area (TPSA) is 90.6 Å². The zero-order valence-electron chi connectivity index (χ0n) is 17.0. The third-order valence-electron chi connectivity index (χ3n) is 6.78. The molecule has 4 aromatic rings. The van der Waals surface area contributed by atoms with Gasteiger partial charge in [0.15, 0.2) is 0 Å². The number of amidine groups is 1. The van der Waals surface area contributed by atoms with Crippen LogP contribution < -0.4 is 11.1 Å². The molecule has 0 amide bonds. The molecule has 0 bridgehead atoms. The Morgan fingerprint density at radius 1 is 0.935 bits per heavy atom. The number of rotatable bonds is 3. The Hall–Kier alpha value is -3.86. The molecule has 1 aliphatic heterocycles. The van der Waals surface area contributed by atoms with Crippen LogP contribution in [0.15, 0.2) is 79.0 Å². The summed E-state index contributed by atoms with van der Waals surface area (Å²) in [5, 5.41) is 19.4. The highest BCUT2D eigenvalue weighted by molar-refractivity contribution is 5.95. The normalized spacial score (nSPS) is 21.0. The molecule has 5 heteroatoms. The van der Waals surface area contributed by atoms with E-state index in [2.05, 4.69) is 76.2 Å². The number of nitrogens with one attached hydrogen (secondary N) is 3. The van der Waals surface area contributed by atoms with Gasteiger partial charge in [-0.15, -0.1) is 0 Å². The summed E-state index contributed by atoms with van der Waals surface area (Å²) < 4.78 is 0. The first-order valence-corrected chi connectivity index (χ1v) is 10.6. The number of hydrogen-bond donors (Lipinski definition) is 4. The molecule has 0 fully saturated rings. The minimum absolute atomic E-state index is 0.106. The van der Waals surface area contributed by atoms with E-state index in [1.54, 1.807) is 0 Å². The molecule has 31 heavy (non-hydrogen) atoms. The number of aromatic amines is 1. The number of H-pyrrole nitrogens is 1. The van der Waals surface area contributed by atoms with Gasteiger partial charge in [-0.1, -0.05) is 54.6 Å². The third kappa shape index (κ3) is 2.77. The van der Waals surface area contributed by atoms with Crippen LogP contribution in [0.5, 0.6) is 0 Å². The van der Waals surface area contributed by atoms with Crippen molar-refractivity contribution in [1.82, 2.24) is 10.2 Å². The number of hydrogen-bond acceptors (Lipinski definition) is 3. The van der Waals surface area contributed by atoms with Crippen molar-refractivity contribution in [3.05, 3.63) is 107 Å². The van der Waals surface area contributed by atoms with Gasteiger partial charge < -0.3 is 11.1 Å². The van der Waals surface area contributed by atoms with Gasteiger partial charge in [0.1, 0.15) is 5.84 Å². The molecule has 152 valence electrons. The van der Waals surface area contributed by atoms with E-state index >= 15 is 0 Å². The predicted molar refractivity (Wildman–Crippen MR) is 123 cm³/mol. The first kappa shape index (κ1) is 18.0. The second kappa shape index (κ2) is 6.84. The van der Waals surface area contributed by atoms with Gasteiger partial charge in [-0.2, -0.15) is 5.10 Å². The number of aromatic nitrogens is 2. The number of nitrogens with two attached hydrogens (primary N) is 1. The van der Waals surface area contributed by atoms with Crippen LogP contribution in [0.3, 0.4) is 0 Å². The molecule has 0 saturated carbocycles. The van der Waals surface area contributed by atoms with Crippen LogP contribution >= 0.6 is 0 Å². The highest BCUT2D eigenvalue weighted by Crippen LogP contribution is 2.54. The van der Waals surface area contributed by atoms with Crippen molar-refractivity contribution < 1.29 is 0 Å². The fraction of sp³-hybridized carbons (Fsp3) is 0.154. The molecular formula is C26H23N5. The molecule has 2 aliphatic rings. The van der Waals surface area contributed by atoms with Gasteiger partial charge in [-0.3, -0.25) is 10.5 Å². The SMILES string of the molecule is N=C(N)c1ccc2c(c1)C1c3ccccc3CC1C(c1cn[nH]c1-c1ccccc1)N2. The average Bonchev–Trinajstić information content (AvgIpc) is 3.44. The third-order valence-corrected chi connectivity index (χ3v) is 6.78. The average molecular weight is 406 g/mol. The maximum atomic E-state index is 7.91. The van der Waals surface area contributed by atoms with Gasteiger partial charge in [0, 0.05) is 22.7 Å². The van der Waals surface area contributed by atoms with Crippen molar-refractivity contribution in [2.45, 2.75) is 18.4 Å². The second-order valence-corrected chi connectivity index (χ2v) is 8.45. The summed E-state index contributed by atoms with van der Waals surface area (Å²) in [5.74, 6) is 0.719. The van der Waals surface area contributed by atoms with Crippen LogP contribution in [0.1, 0.15) is 39.8 Å². The van der Waals surface area contributed by atoms with E-state index < -0.39 is 0 Å². The monoisotopic (exact) mass is 405 g/mol. The minimum Gasteiger partial charge on any atom is -0.384 e. The Kier molecular flexibility index (Phi) is 3.96. The number of benzene rings is 3. The summed E-state index contributed by atoms with van der Waals surface area (Å²) in [7, 11) is 0. The standard InChI is InChI=1S/C26H23N5/c27-26(28)17-10-11-22-19(13-17)23-18-9-5-4-8-16(18)12-20(23)25(30-22)21-14-29-31-24(21)15-6-2-1-3-7-15/h1-11,13-14,20,23,25,30H,12H2,(H3,27,28)(H,29,31). The van der Waals surface area contributed by atoms with E-state index in [-0.39, 0.29) is 17.8 Å². The van der Waals surface area contributed by atoms with E-state index in [1.807, 2.05) is 18.3 Å². The Morgan fingerprint density at radius 3 is 2.58 bits per heavy atom. The van der Waals surface area contributed by atoms with Crippen molar-refractivity contribution in [3.8, 4) is 11.3 Å². The Bertz CT molecular complexity index is 1290. The summed E-state index contributed by atoms with van der Waals surface area (Å²) >= 11 is 0. The Balaban J connectivity index is 1.52. The molecule has 3 unspecified atom stereocenters. The van der Waals surface area contributed by atoms with Crippen LogP contribution in [0.2, 0.25) is 0 Å². The van der Waals surface area contributed by atoms with Gasteiger partial charge >= 0.3 is 0 Å². The maximum Gasteiger partial charge on any atom is 0.122 e. The van der Waals surface area contributed by atoms with Gasteiger partial charge in [0.2, 0.25) is 0 Å². The van der Waals surface area contributed by atoms with Crippen molar-refractivity contribution in [3.63, 3.8) is 0 Å². The quantitative estimate of drug-likeness (QED) is 0.291. The fourth-order valence-corrected chi connectivity index (χ4v) is 5.40. The van der Waals surface area contributed by atoms with Crippen molar-refractivity contribution in [2.24, 2.45) is 11.7 Å². The summed E-state index contributed by atoms with van der Waals surface area (Å²) in [6.07, 6.45) is 2.97. The molecule has 3 aromatic carbocycles. The zero-order chi connectivity index (χ0) is 20.9. The largest absolute Gasteiger partial charge is 0.384 e. The Morgan fingerprint density at radius 2 is 1.74 bits per heavy atom. The predicted octanol–water partition coefficient (Wildman–Crippen LogP) is 4.83. The highest BCUT2D eigenvalue weighted by atomic mass is 15.1. The number of nitrogen functional groups attached to an aromatic ring is 1. The van der Waals surface area contributed by atoms with Crippen LogP contribution in [0.25, 0.3) is 11.3 Å². The maximum absolute atomic E-state index is 7.91. The van der Waals surface area contributed by atoms with E-state index in [0.717, 1.165) is 28.9 Å². The van der Waals surface area contributed by atoms with Gasteiger partial charge in [-0.25, -0.2) is 0 Å². The smallest absolute Gasteiger partial charge is 0.122 e. The van der Waals surface area contributed by atoms with E-state index in [1.165, 1.54) is 22.3 Å². The fourth-order valence-electron chi connectivity index (χ4n) is 5.40. The van der Waals surface area contributed by atoms with Crippen molar-refractivity contribution in [1.29, 1.82) is 5.41 Å². The first-order valence-electron chi connectivity index (χ1n) is 10.6. The Labute approximate surface area is 180 Å². The highest BCUT2D eigenvalue weighted by Gasteiger charge is 2.44. The number of fused-ring (bicyclic) bond motifs is 5. The van der Waals surface area contributed by atoms with E-state index in [0.29, 0.717) is 5.92 Å². The second-order valence-electron chi connectivity index (χ2n) is 8.45. The molecule has 5 nitrogen and oxygen atoms in total. The molecule has 0 radical (unpaired) electrons. The lowest BCUT2D eigenvalue weighted by atomic mass is 9.75. The van der Waals surface area contributed by atoms with Gasteiger partial charge in [0.05, 0.1) is 17.9 Å². The summed E-state index contributed by atoms with van der Waals surface area (Å²) in [6, 6.07) is 25.3. The minimum atomic E-state index is 0.106. The van der Waals surface area contributed by atoms with Crippen LogP contribution in [-0.2, 0) is 6.42 Å². The molecule has 0 saturated heterocycles. The first-order chi connectivity index (χ1) is 15.2. The van der Waals surface area contributed by atoms with Crippen LogP contribution in [0, 0.1) is 11.3 Å². The summed E-state index contributed by atoms with van der Waals surface area (Å²) in [6.45, 7) is 0. The molecule has 0 spiro atoms. The molecule has 3 atom stereocenters. The lowest BCUT2D eigenvalue weighted by Gasteiger charge is -2.38. The summed E-state index contributed by atoms with van der Waals surface area (Å²) in [5.41, 5.74) is 15.1. The van der Waals surface area contributed by atoms with Gasteiger partial charge in [-0.05, 0) is 52.8 Å². The van der Waals surface area contributed by atoms with Crippen LogP contribution in [0.4, 0.5) is 5.69 Å². The molecule has 6 rings (SSSR count). The zero-order valence-corrected chi connectivity index (χ0v) is 17.0. The molecule has 2 heterocycles. The number of nitrogens with zero attached hydrogens (tertiary/aromatic N) is 1. The lowest BCUT2D eigenvalue weighted by Crippen LogP contribution is -2.31. The van der Waals surface area contributed by atoms with E-state index in [9.17, 15) is 0 Å². The van der Waals surface area contributed by atoms with Crippen molar-refractivity contribution in [2.75, 3.05) is 5.32 Å². The number of anilines is 1. The van der Waals surface area contributed by atoms with Gasteiger partial charge in [0.25, 0.3) is 0 Å². The summed E-state index contributed by atoms with van der Waals surface area (Å²) in [4.78, 5) is 0.